The molecule has 0 radical (unpaired) electrons. The van der Waals surface area contributed by atoms with Crippen LogP contribution in [0.15, 0.2) is 90.3 Å². The van der Waals surface area contributed by atoms with E-state index >= 15 is 0 Å². The molecule has 0 aliphatic heterocycles. The number of nitro benzene ring substituents is 1. The van der Waals surface area contributed by atoms with Gasteiger partial charge in [-0.1, -0.05) is 72.8 Å². The quantitative estimate of drug-likeness (QED) is 0.252. The Kier molecular flexibility index (Phi) is 7.82. The minimum absolute atomic E-state index is 0.0460. The third-order valence-electron chi connectivity index (χ3n) is 5.60. The van der Waals surface area contributed by atoms with E-state index in [0.29, 0.717) is 10.7 Å². The van der Waals surface area contributed by atoms with Crippen molar-refractivity contribution in [1.29, 1.82) is 0 Å². The summed E-state index contributed by atoms with van der Waals surface area (Å²) in [5.74, 6) is -1.37. The van der Waals surface area contributed by atoms with E-state index < -0.39 is 22.8 Å². The lowest BCUT2D eigenvalue weighted by molar-refractivity contribution is -0.384. The van der Waals surface area contributed by atoms with Crippen LogP contribution in [0.4, 0.5) is 10.8 Å². The molecule has 0 unspecified atom stereocenters. The normalized spacial score (nSPS) is 11.6. The number of carbonyl (C=O) groups excluding carboxylic acids is 2. The summed E-state index contributed by atoms with van der Waals surface area (Å²) in [6.45, 7) is 1.83. The highest BCUT2D eigenvalue weighted by atomic mass is 32.1. The van der Waals surface area contributed by atoms with Crippen molar-refractivity contribution in [1.82, 2.24) is 10.3 Å². The monoisotopic (exact) mass is 500 g/mol. The van der Waals surface area contributed by atoms with Crippen LogP contribution in [-0.2, 0) is 16.0 Å². The van der Waals surface area contributed by atoms with Crippen molar-refractivity contribution < 1.29 is 14.5 Å². The fourth-order valence-corrected chi connectivity index (χ4v) is 4.53. The molecule has 36 heavy (non-hydrogen) atoms. The molecule has 182 valence electrons. The van der Waals surface area contributed by atoms with E-state index in [9.17, 15) is 19.7 Å². The van der Waals surface area contributed by atoms with Gasteiger partial charge < -0.3 is 10.6 Å². The van der Waals surface area contributed by atoms with Gasteiger partial charge in [0.25, 0.3) is 5.69 Å². The van der Waals surface area contributed by atoms with Crippen LogP contribution in [0.25, 0.3) is 0 Å². The number of amides is 2. The van der Waals surface area contributed by atoms with Crippen LogP contribution >= 0.6 is 11.3 Å². The van der Waals surface area contributed by atoms with Crippen LogP contribution in [0, 0.1) is 17.0 Å². The van der Waals surface area contributed by atoms with E-state index in [2.05, 4.69) is 15.6 Å². The topological polar surface area (TPSA) is 114 Å². The van der Waals surface area contributed by atoms with Gasteiger partial charge in [0.05, 0.1) is 16.5 Å². The van der Waals surface area contributed by atoms with Gasteiger partial charge in [-0.2, -0.15) is 0 Å². The molecule has 0 fully saturated rings. The van der Waals surface area contributed by atoms with Crippen LogP contribution in [0.5, 0.6) is 0 Å². The van der Waals surface area contributed by atoms with Crippen LogP contribution in [0.2, 0.25) is 0 Å². The second kappa shape index (κ2) is 11.4. The Morgan fingerprint density at radius 3 is 2.00 bits per heavy atom. The molecule has 9 heteroatoms. The van der Waals surface area contributed by atoms with Gasteiger partial charge in [0.1, 0.15) is 6.04 Å². The molecule has 0 aliphatic carbocycles. The van der Waals surface area contributed by atoms with Crippen LogP contribution in [-0.4, -0.2) is 27.8 Å². The molecule has 1 atom stereocenters. The van der Waals surface area contributed by atoms with E-state index in [1.807, 2.05) is 73.0 Å². The largest absolute Gasteiger partial charge is 0.343 e. The summed E-state index contributed by atoms with van der Waals surface area (Å²) in [5, 5.41) is 19.0. The summed E-state index contributed by atoms with van der Waals surface area (Å²) >= 11 is 1.29. The van der Waals surface area contributed by atoms with Crippen LogP contribution < -0.4 is 10.6 Å². The number of nitrogens with zero attached hydrogens (tertiary/aromatic N) is 2. The van der Waals surface area contributed by atoms with Gasteiger partial charge in [-0.25, -0.2) is 4.98 Å². The summed E-state index contributed by atoms with van der Waals surface area (Å²) < 4.78 is 0. The van der Waals surface area contributed by atoms with E-state index in [1.165, 1.54) is 23.5 Å². The van der Waals surface area contributed by atoms with Gasteiger partial charge in [-0.15, -0.1) is 11.3 Å². The lowest BCUT2D eigenvalue weighted by Gasteiger charge is -2.23. The summed E-state index contributed by atoms with van der Waals surface area (Å²) in [6.07, 6.45) is 0.149. The molecule has 0 aliphatic rings. The molecule has 4 rings (SSSR count). The van der Waals surface area contributed by atoms with Gasteiger partial charge in [0, 0.05) is 23.9 Å². The molecule has 0 saturated carbocycles. The Balaban J connectivity index is 1.62. The number of anilines is 1. The number of carbonyl (C=O) groups is 2. The second-order valence-electron chi connectivity index (χ2n) is 8.23. The highest BCUT2D eigenvalue weighted by Crippen LogP contribution is 2.25. The number of rotatable bonds is 9. The number of nitrogens with one attached hydrogen (secondary N) is 2. The number of non-ortho nitro benzene ring substituents is 1. The van der Waals surface area contributed by atoms with Gasteiger partial charge in [-0.3, -0.25) is 19.7 Å². The maximum atomic E-state index is 13.7. The molecule has 0 spiro atoms. The van der Waals surface area contributed by atoms with Crippen molar-refractivity contribution in [3.63, 3.8) is 0 Å². The van der Waals surface area contributed by atoms with Gasteiger partial charge in [0.15, 0.2) is 5.13 Å². The highest BCUT2D eigenvalue weighted by Gasteiger charge is 2.28. The van der Waals surface area contributed by atoms with E-state index in [1.54, 1.807) is 12.1 Å². The van der Waals surface area contributed by atoms with Gasteiger partial charge in [-0.05, 0) is 23.6 Å². The number of hydrogen-bond donors (Lipinski definition) is 2. The molecule has 4 aromatic rings. The maximum absolute atomic E-state index is 13.7. The molecular weight excluding hydrogens is 476 g/mol. The van der Waals surface area contributed by atoms with E-state index in [0.717, 1.165) is 16.8 Å². The van der Waals surface area contributed by atoms with E-state index in [-0.39, 0.29) is 18.0 Å². The third kappa shape index (κ3) is 6.19. The number of hydrogen-bond acceptors (Lipinski definition) is 6. The minimum atomic E-state index is -0.932. The number of benzene rings is 3. The van der Waals surface area contributed by atoms with Crippen molar-refractivity contribution >= 4 is 34.0 Å². The zero-order chi connectivity index (χ0) is 25.5. The first-order valence-corrected chi connectivity index (χ1v) is 12.2. The summed E-state index contributed by atoms with van der Waals surface area (Å²) in [7, 11) is 0. The molecule has 0 saturated heterocycles. The Bertz CT molecular complexity index is 1300. The lowest BCUT2D eigenvalue weighted by Crippen LogP contribution is -2.47. The predicted octanol–water partition coefficient (Wildman–Crippen LogP) is 4.86. The lowest BCUT2D eigenvalue weighted by atomic mass is 9.90. The van der Waals surface area contributed by atoms with Crippen molar-refractivity contribution in [3.05, 3.63) is 123 Å². The predicted molar refractivity (Wildman–Crippen MR) is 139 cm³/mol. The smallest absolute Gasteiger partial charge is 0.269 e. The zero-order valence-corrected chi connectivity index (χ0v) is 20.3. The average molecular weight is 501 g/mol. The number of aryl methyl sites for hydroxylation is 1. The third-order valence-corrected chi connectivity index (χ3v) is 6.47. The molecular formula is C27H24N4O4S. The standard InChI is InChI=1S/C27H24N4O4S/c1-18-17-36-27(28-18)30-25(32)23(16-19-12-14-22(15-13-19)31(34)35)29-26(33)24(20-8-4-2-5-9-20)21-10-6-3-7-11-21/h2-15,17,23-24H,16H2,1H3,(H,29,33)(H,28,30,32)/t23-/m0/s1. The Hall–Kier alpha value is -4.37. The first kappa shape index (κ1) is 24.7. The number of thiazole rings is 1. The molecule has 2 amide bonds. The maximum Gasteiger partial charge on any atom is 0.269 e. The van der Waals surface area contributed by atoms with Crippen molar-refractivity contribution in [2.24, 2.45) is 0 Å². The average Bonchev–Trinajstić information content (AvgIpc) is 3.29. The fourth-order valence-electron chi connectivity index (χ4n) is 3.84. The summed E-state index contributed by atoms with van der Waals surface area (Å²) in [5.41, 5.74) is 3.00. The van der Waals surface area contributed by atoms with Gasteiger partial charge in [0.2, 0.25) is 11.8 Å². The Labute approximate surface area is 212 Å². The molecule has 0 bridgehead atoms. The summed E-state index contributed by atoms with van der Waals surface area (Å²) in [6, 6.07) is 23.7. The Morgan fingerprint density at radius 2 is 1.50 bits per heavy atom. The minimum Gasteiger partial charge on any atom is -0.343 e. The zero-order valence-electron chi connectivity index (χ0n) is 19.5. The number of nitro groups is 1. The summed E-state index contributed by atoms with van der Waals surface area (Å²) in [4.78, 5) is 41.7. The first-order valence-electron chi connectivity index (χ1n) is 11.3. The highest BCUT2D eigenvalue weighted by molar-refractivity contribution is 7.13. The van der Waals surface area contributed by atoms with Crippen LogP contribution in [0.1, 0.15) is 28.3 Å². The second-order valence-corrected chi connectivity index (χ2v) is 9.08. The Morgan fingerprint density at radius 1 is 0.917 bits per heavy atom. The van der Waals surface area contributed by atoms with E-state index in [4.69, 9.17) is 0 Å². The molecule has 8 nitrogen and oxygen atoms in total. The van der Waals surface area contributed by atoms with Crippen molar-refractivity contribution in [2.45, 2.75) is 25.3 Å². The SMILES string of the molecule is Cc1csc(NC(=O)[C@H](Cc2ccc([N+](=O)[O-])cc2)NC(=O)C(c2ccccc2)c2ccccc2)n1. The van der Waals surface area contributed by atoms with Crippen molar-refractivity contribution in [2.75, 3.05) is 5.32 Å². The van der Waals surface area contributed by atoms with Crippen molar-refractivity contribution in [3.8, 4) is 0 Å². The molecule has 1 aromatic heterocycles. The first-order chi connectivity index (χ1) is 17.4. The van der Waals surface area contributed by atoms with Crippen LogP contribution in [0.3, 0.4) is 0 Å². The molecule has 1 heterocycles. The van der Waals surface area contributed by atoms with Gasteiger partial charge >= 0.3 is 0 Å². The molecule has 2 N–H and O–H groups in total. The number of aromatic nitrogens is 1. The fraction of sp³-hybridized carbons (Fsp3) is 0.148. The molecule has 3 aromatic carbocycles.